The fourth-order valence-corrected chi connectivity index (χ4v) is 6.44. The lowest BCUT2D eigenvalue weighted by Gasteiger charge is -2.32. The molecule has 1 N–H and O–H groups in total. The molecule has 0 radical (unpaired) electrons. The molecule has 3 aromatic heterocycles. The van der Waals surface area contributed by atoms with Gasteiger partial charge in [-0.1, -0.05) is 6.42 Å². The SMILES string of the molecule is Cc1c(C(=O)N2CCC(NC(=O)c3ccsc3)CC2)sc2nc3n(c(=O)c12)CCCCC3. The van der Waals surface area contributed by atoms with E-state index in [2.05, 4.69) is 5.32 Å². The van der Waals surface area contributed by atoms with Crippen LogP contribution in [0.25, 0.3) is 10.2 Å². The summed E-state index contributed by atoms with van der Waals surface area (Å²) in [5.74, 6) is 0.762. The molecule has 5 heterocycles. The third kappa shape index (κ3) is 3.88. The van der Waals surface area contributed by atoms with Crippen molar-refractivity contribution in [2.75, 3.05) is 13.1 Å². The van der Waals surface area contributed by atoms with Crippen molar-refractivity contribution in [2.24, 2.45) is 0 Å². The third-order valence-electron chi connectivity index (χ3n) is 6.51. The van der Waals surface area contributed by atoms with Gasteiger partial charge < -0.3 is 10.2 Å². The second kappa shape index (κ2) is 8.78. The van der Waals surface area contributed by atoms with Gasteiger partial charge in [0.15, 0.2) is 0 Å². The van der Waals surface area contributed by atoms with Crippen molar-refractivity contribution in [3.8, 4) is 0 Å². The van der Waals surface area contributed by atoms with Gasteiger partial charge in [-0.15, -0.1) is 11.3 Å². The second-order valence-electron chi connectivity index (χ2n) is 8.58. The predicted octanol–water partition coefficient (Wildman–Crippen LogP) is 3.59. The number of amides is 2. The van der Waals surface area contributed by atoms with Gasteiger partial charge in [-0.05, 0) is 49.6 Å². The lowest BCUT2D eigenvalue weighted by Crippen LogP contribution is -2.46. The van der Waals surface area contributed by atoms with Crippen LogP contribution in [0.3, 0.4) is 0 Å². The Balaban J connectivity index is 1.32. The highest BCUT2D eigenvalue weighted by molar-refractivity contribution is 7.20. The van der Waals surface area contributed by atoms with Crippen molar-refractivity contribution in [1.82, 2.24) is 19.8 Å². The van der Waals surface area contributed by atoms with E-state index in [9.17, 15) is 14.4 Å². The predicted molar refractivity (Wildman–Crippen MR) is 127 cm³/mol. The fourth-order valence-electron chi connectivity index (χ4n) is 4.65. The molecule has 3 aromatic rings. The average molecular weight is 471 g/mol. The van der Waals surface area contributed by atoms with Gasteiger partial charge in [0.05, 0.1) is 10.3 Å². The van der Waals surface area contributed by atoms with E-state index in [0.717, 1.165) is 49.9 Å². The molecule has 2 aliphatic heterocycles. The van der Waals surface area contributed by atoms with E-state index in [1.165, 1.54) is 22.7 Å². The molecule has 1 fully saturated rings. The molecule has 7 nitrogen and oxygen atoms in total. The maximum Gasteiger partial charge on any atom is 0.264 e. The van der Waals surface area contributed by atoms with Crippen molar-refractivity contribution < 1.29 is 9.59 Å². The van der Waals surface area contributed by atoms with Crippen LogP contribution in [-0.4, -0.2) is 45.4 Å². The van der Waals surface area contributed by atoms with Crippen LogP contribution in [0.15, 0.2) is 21.6 Å². The minimum absolute atomic E-state index is 0.00505. The van der Waals surface area contributed by atoms with Crippen LogP contribution >= 0.6 is 22.7 Å². The molecular formula is C23H26N4O3S2. The summed E-state index contributed by atoms with van der Waals surface area (Å²) in [6.45, 7) is 3.75. The van der Waals surface area contributed by atoms with Gasteiger partial charge in [-0.2, -0.15) is 11.3 Å². The van der Waals surface area contributed by atoms with Crippen molar-refractivity contribution in [1.29, 1.82) is 0 Å². The Labute approximate surface area is 194 Å². The Kier molecular flexibility index (Phi) is 5.86. The first-order valence-electron chi connectivity index (χ1n) is 11.2. The normalized spacial score (nSPS) is 17.2. The van der Waals surface area contributed by atoms with Gasteiger partial charge >= 0.3 is 0 Å². The molecular weight excluding hydrogens is 444 g/mol. The highest BCUT2D eigenvalue weighted by Crippen LogP contribution is 2.30. The maximum atomic E-state index is 13.3. The van der Waals surface area contributed by atoms with E-state index in [0.29, 0.717) is 40.3 Å². The molecule has 9 heteroatoms. The minimum atomic E-state index is -0.0531. The number of carbonyl (C=O) groups is 2. The van der Waals surface area contributed by atoms with Gasteiger partial charge in [0.1, 0.15) is 10.7 Å². The van der Waals surface area contributed by atoms with Crippen molar-refractivity contribution in [3.63, 3.8) is 0 Å². The van der Waals surface area contributed by atoms with Gasteiger partial charge in [-0.25, -0.2) is 4.98 Å². The molecule has 32 heavy (non-hydrogen) atoms. The molecule has 2 amide bonds. The van der Waals surface area contributed by atoms with Gasteiger partial charge in [0.2, 0.25) is 0 Å². The van der Waals surface area contributed by atoms with Crippen LogP contribution in [-0.2, 0) is 13.0 Å². The summed E-state index contributed by atoms with van der Waals surface area (Å²) in [6.07, 6.45) is 5.42. The molecule has 168 valence electrons. The van der Waals surface area contributed by atoms with Crippen LogP contribution in [0.5, 0.6) is 0 Å². The number of nitrogens with zero attached hydrogens (tertiary/aromatic N) is 3. The molecule has 2 aliphatic rings. The number of piperidine rings is 1. The van der Waals surface area contributed by atoms with Crippen molar-refractivity contribution in [2.45, 2.75) is 58.0 Å². The van der Waals surface area contributed by atoms with Gasteiger partial charge in [-0.3, -0.25) is 19.0 Å². The van der Waals surface area contributed by atoms with E-state index in [1.54, 1.807) is 0 Å². The Morgan fingerprint density at radius 1 is 1.16 bits per heavy atom. The number of aromatic nitrogens is 2. The smallest absolute Gasteiger partial charge is 0.264 e. The summed E-state index contributed by atoms with van der Waals surface area (Å²) in [5, 5.41) is 7.41. The number of aryl methyl sites for hydroxylation is 2. The number of thiophene rings is 2. The Bertz CT molecular complexity index is 1220. The van der Waals surface area contributed by atoms with Crippen LogP contribution < -0.4 is 10.9 Å². The van der Waals surface area contributed by atoms with Crippen LogP contribution in [0.4, 0.5) is 0 Å². The number of likely N-dealkylation sites (tertiary alicyclic amines) is 1. The lowest BCUT2D eigenvalue weighted by molar-refractivity contribution is 0.0702. The highest BCUT2D eigenvalue weighted by atomic mass is 32.1. The summed E-state index contributed by atoms with van der Waals surface area (Å²) >= 11 is 2.85. The van der Waals surface area contributed by atoms with Gasteiger partial charge in [0.25, 0.3) is 17.4 Å². The number of hydrogen-bond acceptors (Lipinski definition) is 6. The molecule has 0 unspecified atom stereocenters. The van der Waals surface area contributed by atoms with Crippen LogP contribution in [0.2, 0.25) is 0 Å². The molecule has 0 atom stereocenters. The Morgan fingerprint density at radius 3 is 2.72 bits per heavy atom. The lowest BCUT2D eigenvalue weighted by atomic mass is 10.0. The molecule has 5 rings (SSSR count). The highest BCUT2D eigenvalue weighted by Gasteiger charge is 2.29. The van der Waals surface area contributed by atoms with E-state index in [4.69, 9.17) is 4.98 Å². The first kappa shape index (κ1) is 21.3. The molecule has 0 bridgehead atoms. The molecule has 0 spiro atoms. The first-order chi connectivity index (χ1) is 15.5. The summed E-state index contributed by atoms with van der Waals surface area (Å²) in [4.78, 5) is 46.7. The van der Waals surface area contributed by atoms with E-state index in [-0.39, 0.29) is 23.4 Å². The number of rotatable bonds is 3. The zero-order valence-corrected chi connectivity index (χ0v) is 19.7. The van der Waals surface area contributed by atoms with Crippen LogP contribution in [0, 0.1) is 6.92 Å². The topological polar surface area (TPSA) is 84.3 Å². The minimum Gasteiger partial charge on any atom is -0.349 e. The van der Waals surface area contributed by atoms with E-state index < -0.39 is 0 Å². The standard InChI is InChI=1S/C23H26N4O3S2/c1-14-18-21(25-17-5-3-2-4-9-27(17)22(18)29)32-19(14)23(30)26-10-6-16(7-11-26)24-20(28)15-8-12-31-13-15/h8,12-13,16H,2-7,9-11H2,1H3,(H,24,28). The molecule has 0 aromatic carbocycles. The summed E-state index contributed by atoms with van der Waals surface area (Å²) < 4.78 is 1.81. The fraction of sp³-hybridized carbons (Fsp3) is 0.478. The zero-order valence-electron chi connectivity index (χ0n) is 18.1. The number of nitrogens with one attached hydrogen (secondary N) is 1. The quantitative estimate of drug-likeness (QED) is 0.634. The Morgan fingerprint density at radius 2 is 1.97 bits per heavy atom. The largest absolute Gasteiger partial charge is 0.349 e. The summed E-state index contributed by atoms with van der Waals surface area (Å²) in [6, 6.07) is 1.89. The van der Waals surface area contributed by atoms with E-state index >= 15 is 0 Å². The van der Waals surface area contributed by atoms with Gasteiger partial charge in [0, 0.05) is 43.0 Å². The summed E-state index contributed by atoms with van der Waals surface area (Å²) in [7, 11) is 0. The average Bonchev–Trinajstić information content (AvgIpc) is 3.37. The number of hydrogen-bond donors (Lipinski definition) is 1. The molecule has 0 aliphatic carbocycles. The third-order valence-corrected chi connectivity index (χ3v) is 8.36. The second-order valence-corrected chi connectivity index (χ2v) is 10.4. The number of fused-ring (bicyclic) bond motifs is 2. The zero-order chi connectivity index (χ0) is 22.2. The monoisotopic (exact) mass is 470 g/mol. The van der Waals surface area contributed by atoms with E-state index in [1.807, 2.05) is 33.2 Å². The molecule has 0 saturated carbocycles. The van der Waals surface area contributed by atoms with Crippen molar-refractivity contribution in [3.05, 3.63) is 49.0 Å². The number of carbonyl (C=O) groups excluding carboxylic acids is 2. The van der Waals surface area contributed by atoms with Crippen LogP contribution in [0.1, 0.15) is 63.5 Å². The summed E-state index contributed by atoms with van der Waals surface area (Å²) in [5.41, 5.74) is 1.43. The maximum absolute atomic E-state index is 13.3. The van der Waals surface area contributed by atoms with Crippen molar-refractivity contribution >= 4 is 44.7 Å². The first-order valence-corrected chi connectivity index (χ1v) is 12.9. The Hall–Kier alpha value is -2.52. The molecule has 1 saturated heterocycles.